The molecule has 7 heteroatoms. The number of benzene rings is 3. The Kier molecular flexibility index (Phi) is 5.29. The largest absolute Gasteiger partial charge is 0.507 e. The lowest BCUT2D eigenvalue weighted by atomic mass is 9.95. The number of fused-ring (bicyclic) bond motifs is 1. The van der Waals surface area contributed by atoms with E-state index in [9.17, 15) is 19.1 Å². The van der Waals surface area contributed by atoms with Gasteiger partial charge in [-0.15, -0.1) is 0 Å². The molecule has 1 amide bonds. The smallest absolute Gasteiger partial charge is 0.301 e. The van der Waals surface area contributed by atoms with Gasteiger partial charge in [0.25, 0.3) is 5.78 Å². The first-order valence-electron chi connectivity index (χ1n) is 10.8. The van der Waals surface area contributed by atoms with Crippen LogP contribution in [0.5, 0.6) is 0 Å². The number of amides is 1. The Morgan fingerprint density at radius 2 is 1.65 bits per heavy atom. The molecule has 4 aromatic rings. The van der Waals surface area contributed by atoms with Crippen molar-refractivity contribution in [1.82, 2.24) is 4.98 Å². The zero-order valence-electron chi connectivity index (χ0n) is 18.8. The number of carbonyl (C=O) groups excluding carboxylic acids is 2. The number of carbonyl (C=O) groups is 2. The number of thiazole rings is 1. The fourth-order valence-corrected chi connectivity index (χ4v) is 5.49. The van der Waals surface area contributed by atoms with Gasteiger partial charge in [-0.3, -0.25) is 14.5 Å². The lowest BCUT2D eigenvalue weighted by molar-refractivity contribution is -0.132. The zero-order valence-corrected chi connectivity index (χ0v) is 19.6. The van der Waals surface area contributed by atoms with E-state index in [-0.39, 0.29) is 16.9 Å². The molecule has 2 heterocycles. The van der Waals surface area contributed by atoms with Crippen molar-refractivity contribution in [3.63, 3.8) is 0 Å². The monoisotopic (exact) mass is 472 g/mol. The van der Waals surface area contributed by atoms with E-state index in [0.29, 0.717) is 10.7 Å². The van der Waals surface area contributed by atoms with Gasteiger partial charge in [-0.2, -0.15) is 0 Å². The number of aromatic nitrogens is 1. The summed E-state index contributed by atoms with van der Waals surface area (Å²) in [5, 5.41) is 11.5. The average molecular weight is 473 g/mol. The van der Waals surface area contributed by atoms with Crippen molar-refractivity contribution in [2.45, 2.75) is 26.8 Å². The van der Waals surface area contributed by atoms with Gasteiger partial charge in [-0.25, -0.2) is 9.37 Å². The van der Waals surface area contributed by atoms with Gasteiger partial charge >= 0.3 is 5.91 Å². The fraction of sp³-hybridized carbons (Fsp3) is 0.148. The molecule has 5 rings (SSSR count). The van der Waals surface area contributed by atoms with Crippen molar-refractivity contribution in [3.05, 3.63) is 99.9 Å². The molecule has 170 valence electrons. The van der Waals surface area contributed by atoms with Gasteiger partial charge in [-0.1, -0.05) is 47.2 Å². The summed E-state index contributed by atoms with van der Waals surface area (Å²) in [5.74, 6) is -2.38. The van der Waals surface area contributed by atoms with Gasteiger partial charge < -0.3 is 5.11 Å². The summed E-state index contributed by atoms with van der Waals surface area (Å²) in [6.07, 6.45) is 0. The van der Waals surface area contributed by atoms with E-state index < -0.39 is 23.5 Å². The Labute approximate surface area is 199 Å². The standard InChI is InChI=1S/C27H21FN2O3S/c1-14-4-6-17(7-5-14)23-21(24(31)18-8-10-19(28)11-9-18)25(32)26(33)30(23)27-29-22-16(3)12-15(2)13-20(22)34-27/h4-13,23,31H,1-3H3/t23-/m0/s1. The molecule has 34 heavy (non-hydrogen) atoms. The molecular formula is C27H21FN2O3S. The number of aliphatic hydroxyl groups excluding tert-OH is 1. The van der Waals surface area contributed by atoms with E-state index >= 15 is 0 Å². The van der Waals surface area contributed by atoms with E-state index in [1.54, 1.807) is 0 Å². The van der Waals surface area contributed by atoms with Gasteiger partial charge in [0.2, 0.25) is 0 Å². The molecule has 1 aromatic heterocycles. The molecule has 1 atom stereocenters. The quantitative estimate of drug-likeness (QED) is 0.226. The van der Waals surface area contributed by atoms with Crippen LogP contribution in [0.1, 0.15) is 33.9 Å². The van der Waals surface area contributed by atoms with Crippen LogP contribution in [0.15, 0.2) is 66.2 Å². The molecule has 1 aliphatic rings. The summed E-state index contributed by atoms with van der Waals surface area (Å²) in [4.78, 5) is 32.6. The SMILES string of the molecule is Cc1ccc([C@H]2C(=C(O)c3ccc(F)cc3)C(=O)C(=O)N2c2nc3c(C)cc(C)cc3s2)cc1. The van der Waals surface area contributed by atoms with Crippen LogP contribution in [0.2, 0.25) is 0 Å². The molecule has 0 bridgehead atoms. The predicted octanol–water partition coefficient (Wildman–Crippen LogP) is 5.99. The van der Waals surface area contributed by atoms with E-state index in [2.05, 4.69) is 0 Å². The minimum Gasteiger partial charge on any atom is -0.507 e. The van der Waals surface area contributed by atoms with E-state index in [1.807, 2.05) is 57.2 Å². The third-order valence-electron chi connectivity index (χ3n) is 5.98. The summed E-state index contributed by atoms with van der Waals surface area (Å²) in [6, 6.07) is 15.8. The first-order chi connectivity index (χ1) is 16.2. The topological polar surface area (TPSA) is 70.5 Å². The molecule has 1 saturated heterocycles. The van der Waals surface area contributed by atoms with Crippen LogP contribution >= 0.6 is 11.3 Å². The van der Waals surface area contributed by atoms with Gasteiger partial charge in [-0.05, 0) is 67.8 Å². The molecule has 0 unspecified atom stereocenters. The number of rotatable bonds is 3. The molecule has 0 saturated carbocycles. The van der Waals surface area contributed by atoms with Crippen LogP contribution in [0.4, 0.5) is 9.52 Å². The number of aryl methyl sites for hydroxylation is 3. The van der Waals surface area contributed by atoms with Crippen molar-refractivity contribution in [3.8, 4) is 0 Å². The zero-order chi connectivity index (χ0) is 24.1. The normalized spacial score (nSPS) is 17.6. The van der Waals surface area contributed by atoms with Gasteiger partial charge in [0.05, 0.1) is 21.8 Å². The second-order valence-corrected chi connectivity index (χ2v) is 9.52. The molecule has 0 aliphatic carbocycles. The summed E-state index contributed by atoms with van der Waals surface area (Å²) in [5.41, 5.74) is 4.72. The van der Waals surface area contributed by atoms with Crippen molar-refractivity contribution in [1.29, 1.82) is 0 Å². The molecule has 1 aliphatic heterocycles. The first-order valence-corrected chi connectivity index (χ1v) is 11.6. The number of Topliss-reactive ketones (excluding diaryl/α,β-unsaturated/α-hetero) is 1. The number of halogens is 1. The van der Waals surface area contributed by atoms with Crippen molar-refractivity contribution < 1.29 is 19.1 Å². The van der Waals surface area contributed by atoms with E-state index in [0.717, 1.165) is 26.9 Å². The summed E-state index contributed by atoms with van der Waals surface area (Å²) in [6.45, 7) is 5.89. The van der Waals surface area contributed by atoms with Gasteiger partial charge in [0.15, 0.2) is 5.13 Å². The Bertz CT molecular complexity index is 1490. The lowest BCUT2D eigenvalue weighted by Crippen LogP contribution is -2.29. The third-order valence-corrected chi connectivity index (χ3v) is 6.98. The summed E-state index contributed by atoms with van der Waals surface area (Å²) >= 11 is 1.33. The van der Waals surface area contributed by atoms with Crippen molar-refractivity contribution in [2.24, 2.45) is 0 Å². The highest BCUT2D eigenvalue weighted by molar-refractivity contribution is 7.22. The number of ketones is 1. The van der Waals surface area contributed by atoms with Crippen LogP contribution in [0, 0.1) is 26.6 Å². The van der Waals surface area contributed by atoms with Gasteiger partial charge in [0.1, 0.15) is 11.6 Å². The highest BCUT2D eigenvalue weighted by Gasteiger charge is 2.48. The van der Waals surface area contributed by atoms with Crippen LogP contribution < -0.4 is 4.90 Å². The van der Waals surface area contributed by atoms with Crippen LogP contribution in [0.3, 0.4) is 0 Å². The maximum absolute atomic E-state index is 13.5. The maximum Gasteiger partial charge on any atom is 0.301 e. The van der Waals surface area contributed by atoms with Gasteiger partial charge in [0, 0.05) is 5.56 Å². The molecular weight excluding hydrogens is 451 g/mol. The Balaban J connectivity index is 1.74. The molecule has 5 nitrogen and oxygen atoms in total. The number of anilines is 1. The molecule has 1 fully saturated rings. The highest BCUT2D eigenvalue weighted by atomic mass is 32.1. The number of hydrogen-bond acceptors (Lipinski definition) is 5. The summed E-state index contributed by atoms with van der Waals surface area (Å²) < 4.78 is 14.4. The van der Waals surface area contributed by atoms with E-state index in [1.165, 1.54) is 40.5 Å². The Hall–Kier alpha value is -3.84. The van der Waals surface area contributed by atoms with Crippen LogP contribution in [-0.4, -0.2) is 21.8 Å². The highest BCUT2D eigenvalue weighted by Crippen LogP contribution is 2.44. The minimum absolute atomic E-state index is 0.0485. The Morgan fingerprint density at radius 3 is 2.32 bits per heavy atom. The molecule has 0 radical (unpaired) electrons. The van der Waals surface area contributed by atoms with Crippen molar-refractivity contribution in [2.75, 3.05) is 4.90 Å². The predicted molar refractivity (Wildman–Crippen MR) is 131 cm³/mol. The lowest BCUT2D eigenvalue weighted by Gasteiger charge is -2.23. The second-order valence-electron chi connectivity index (χ2n) is 8.51. The van der Waals surface area contributed by atoms with Crippen molar-refractivity contribution >= 4 is 44.1 Å². The number of hydrogen-bond donors (Lipinski definition) is 1. The summed E-state index contributed by atoms with van der Waals surface area (Å²) in [7, 11) is 0. The average Bonchev–Trinajstić information content (AvgIpc) is 3.33. The van der Waals surface area contributed by atoms with Crippen LogP contribution in [0.25, 0.3) is 16.0 Å². The second kappa shape index (κ2) is 8.18. The number of nitrogens with zero attached hydrogens (tertiary/aromatic N) is 2. The fourth-order valence-electron chi connectivity index (χ4n) is 4.32. The number of aliphatic hydroxyl groups is 1. The molecule has 3 aromatic carbocycles. The Morgan fingerprint density at radius 1 is 0.971 bits per heavy atom. The van der Waals surface area contributed by atoms with E-state index in [4.69, 9.17) is 4.98 Å². The molecule has 0 spiro atoms. The molecule has 1 N–H and O–H groups in total. The van der Waals surface area contributed by atoms with Crippen LogP contribution in [-0.2, 0) is 9.59 Å². The minimum atomic E-state index is -0.868. The third kappa shape index (κ3) is 3.58. The first kappa shape index (κ1) is 22.0. The maximum atomic E-state index is 13.5.